The van der Waals surface area contributed by atoms with Crippen LogP contribution >= 0.6 is 0 Å². The number of nitrogens with one attached hydrogen (secondary N) is 2. The molecular formula is C16H26N2O5S. The topological polar surface area (TPSA) is 93.7 Å². The molecule has 0 radical (unpaired) electrons. The minimum atomic E-state index is -3.58. The molecule has 1 aromatic rings. The van der Waals surface area contributed by atoms with Crippen molar-refractivity contribution in [1.82, 2.24) is 10.0 Å². The minimum Gasteiger partial charge on any atom is -0.481 e. The number of carbonyl (C=O) groups is 1. The standard InChI is InChI=1S/C16H26N2O5S/c1-12(2)11-17-16(19)13(3)23-14-5-7-15(8-6-14)24(20,21)18-9-10-22-4/h5-8,12-13,18H,9-11H2,1-4H3,(H,17,19)/t13-/m0/s1. The number of sulfonamides is 1. The Morgan fingerprint density at radius 2 is 1.79 bits per heavy atom. The average molecular weight is 358 g/mol. The number of hydrogen-bond donors (Lipinski definition) is 2. The number of methoxy groups -OCH3 is 1. The Morgan fingerprint density at radius 1 is 1.17 bits per heavy atom. The molecule has 0 heterocycles. The summed E-state index contributed by atoms with van der Waals surface area (Å²) in [4.78, 5) is 12.0. The fourth-order valence-corrected chi connectivity index (χ4v) is 2.78. The summed E-state index contributed by atoms with van der Waals surface area (Å²) >= 11 is 0. The summed E-state index contributed by atoms with van der Waals surface area (Å²) in [5, 5.41) is 2.78. The van der Waals surface area contributed by atoms with Crippen LogP contribution in [0.4, 0.5) is 0 Å². The monoisotopic (exact) mass is 358 g/mol. The SMILES string of the molecule is COCCNS(=O)(=O)c1ccc(O[C@@H](C)C(=O)NCC(C)C)cc1. The molecule has 0 fully saturated rings. The predicted molar refractivity (Wildman–Crippen MR) is 91.4 cm³/mol. The molecule has 1 aromatic carbocycles. The van der Waals surface area contributed by atoms with Crippen LogP contribution in [-0.2, 0) is 19.6 Å². The molecule has 8 heteroatoms. The normalized spacial score (nSPS) is 12.9. The zero-order valence-electron chi connectivity index (χ0n) is 14.5. The van der Waals surface area contributed by atoms with E-state index >= 15 is 0 Å². The Balaban J connectivity index is 2.62. The van der Waals surface area contributed by atoms with E-state index in [9.17, 15) is 13.2 Å². The molecule has 0 saturated heterocycles. The first-order chi connectivity index (χ1) is 11.3. The summed E-state index contributed by atoms with van der Waals surface area (Å²) in [7, 11) is -2.08. The maximum absolute atomic E-state index is 12.0. The maximum Gasteiger partial charge on any atom is 0.260 e. The van der Waals surface area contributed by atoms with Crippen molar-refractivity contribution < 1.29 is 22.7 Å². The lowest BCUT2D eigenvalue weighted by Gasteiger charge is -2.16. The van der Waals surface area contributed by atoms with E-state index in [4.69, 9.17) is 9.47 Å². The lowest BCUT2D eigenvalue weighted by molar-refractivity contribution is -0.127. The largest absolute Gasteiger partial charge is 0.481 e. The van der Waals surface area contributed by atoms with E-state index < -0.39 is 16.1 Å². The summed E-state index contributed by atoms with van der Waals surface area (Å²) < 4.78 is 36.8. The van der Waals surface area contributed by atoms with Crippen LogP contribution in [0.2, 0.25) is 0 Å². The first-order valence-corrected chi connectivity index (χ1v) is 9.27. The summed E-state index contributed by atoms with van der Waals surface area (Å²) in [5.41, 5.74) is 0. The third-order valence-electron chi connectivity index (χ3n) is 3.10. The highest BCUT2D eigenvalue weighted by Gasteiger charge is 2.16. The van der Waals surface area contributed by atoms with Crippen LogP contribution in [0.1, 0.15) is 20.8 Å². The molecule has 0 aromatic heterocycles. The molecule has 1 amide bonds. The van der Waals surface area contributed by atoms with Crippen molar-refractivity contribution in [2.75, 3.05) is 26.8 Å². The van der Waals surface area contributed by atoms with E-state index in [-0.39, 0.29) is 17.3 Å². The van der Waals surface area contributed by atoms with E-state index in [0.29, 0.717) is 24.8 Å². The van der Waals surface area contributed by atoms with E-state index in [1.165, 1.54) is 31.4 Å². The molecule has 24 heavy (non-hydrogen) atoms. The van der Waals surface area contributed by atoms with Crippen LogP contribution in [0, 0.1) is 5.92 Å². The number of amides is 1. The van der Waals surface area contributed by atoms with Gasteiger partial charge in [0, 0.05) is 20.2 Å². The minimum absolute atomic E-state index is 0.128. The van der Waals surface area contributed by atoms with Gasteiger partial charge in [0.2, 0.25) is 10.0 Å². The number of rotatable bonds is 10. The second-order valence-electron chi connectivity index (χ2n) is 5.76. The fraction of sp³-hybridized carbons (Fsp3) is 0.562. The Labute approximate surface area is 143 Å². The van der Waals surface area contributed by atoms with E-state index in [0.717, 1.165) is 0 Å². The lowest BCUT2D eigenvalue weighted by atomic mass is 10.2. The third-order valence-corrected chi connectivity index (χ3v) is 4.58. The highest BCUT2D eigenvalue weighted by Crippen LogP contribution is 2.17. The first-order valence-electron chi connectivity index (χ1n) is 7.79. The second-order valence-corrected chi connectivity index (χ2v) is 7.53. The predicted octanol–water partition coefficient (Wildman–Crippen LogP) is 1.15. The Bertz CT molecular complexity index is 614. The van der Waals surface area contributed by atoms with Crippen LogP contribution in [0.3, 0.4) is 0 Å². The van der Waals surface area contributed by atoms with Gasteiger partial charge in [0.15, 0.2) is 6.10 Å². The van der Waals surface area contributed by atoms with Crippen molar-refractivity contribution in [3.63, 3.8) is 0 Å². The van der Waals surface area contributed by atoms with Gasteiger partial charge in [0.25, 0.3) is 5.91 Å². The molecule has 0 aliphatic heterocycles. The molecule has 0 spiro atoms. The molecule has 2 N–H and O–H groups in total. The van der Waals surface area contributed by atoms with Crippen molar-refractivity contribution in [2.24, 2.45) is 5.92 Å². The van der Waals surface area contributed by atoms with Gasteiger partial charge in [-0.1, -0.05) is 13.8 Å². The van der Waals surface area contributed by atoms with Crippen LogP contribution in [0.5, 0.6) is 5.75 Å². The number of carbonyl (C=O) groups excluding carboxylic acids is 1. The smallest absolute Gasteiger partial charge is 0.260 e. The van der Waals surface area contributed by atoms with Gasteiger partial charge in [-0.2, -0.15) is 0 Å². The van der Waals surface area contributed by atoms with Gasteiger partial charge in [0.05, 0.1) is 11.5 Å². The van der Waals surface area contributed by atoms with Crippen molar-refractivity contribution in [2.45, 2.75) is 31.8 Å². The van der Waals surface area contributed by atoms with Gasteiger partial charge in [-0.15, -0.1) is 0 Å². The van der Waals surface area contributed by atoms with E-state index in [2.05, 4.69) is 10.0 Å². The number of benzene rings is 1. The summed E-state index contributed by atoms with van der Waals surface area (Å²) in [6.45, 7) is 6.73. The Kier molecular flexibility index (Phi) is 8.17. The lowest BCUT2D eigenvalue weighted by Crippen LogP contribution is -2.38. The maximum atomic E-state index is 12.0. The van der Waals surface area contributed by atoms with E-state index in [1.54, 1.807) is 6.92 Å². The molecular weight excluding hydrogens is 332 g/mol. The van der Waals surface area contributed by atoms with Crippen molar-refractivity contribution >= 4 is 15.9 Å². The molecule has 0 unspecified atom stereocenters. The summed E-state index contributed by atoms with van der Waals surface area (Å²) in [6, 6.07) is 5.92. The van der Waals surface area contributed by atoms with Crippen molar-refractivity contribution in [1.29, 1.82) is 0 Å². The Morgan fingerprint density at radius 3 is 2.33 bits per heavy atom. The fourth-order valence-electron chi connectivity index (χ4n) is 1.76. The highest BCUT2D eigenvalue weighted by molar-refractivity contribution is 7.89. The highest BCUT2D eigenvalue weighted by atomic mass is 32.2. The van der Waals surface area contributed by atoms with Crippen molar-refractivity contribution in [3.05, 3.63) is 24.3 Å². The van der Waals surface area contributed by atoms with Gasteiger partial charge in [-0.3, -0.25) is 4.79 Å². The zero-order valence-corrected chi connectivity index (χ0v) is 15.4. The average Bonchev–Trinajstić information content (AvgIpc) is 2.53. The van der Waals surface area contributed by atoms with Crippen molar-refractivity contribution in [3.8, 4) is 5.75 Å². The third kappa shape index (κ3) is 6.86. The van der Waals surface area contributed by atoms with Gasteiger partial charge >= 0.3 is 0 Å². The van der Waals surface area contributed by atoms with Crippen LogP contribution in [-0.4, -0.2) is 47.2 Å². The Hall–Kier alpha value is -1.64. The summed E-state index contributed by atoms with van der Waals surface area (Å²) in [5.74, 6) is 0.580. The second kappa shape index (κ2) is 9.61. The van der Waals surface area contributed by atoms with Gasteiger partial charge in [-0.25, -0.2) is 13.1 Å². The molecule has 136 valence electrons. The summed E-state index contributed by atoms with van der Waals surface area (Å²) in [6.07, 6.45) is -0.661. The molecule has 0 saturated carbocycles. The van der Waals surface area contributed by atoms with Crippen LogP contribution < -0.4 is 14.8 Å². The zero-order chi connectivity index (χ0) is 18.2. The molecule has 7 nitrogen and oxygen atoms in total. The first kappa shape index (κ1) is 20.4. The van der Waals surface area contributed by atoms with Gasteiger partial charge < -0.3 is 14.8 Å². The van der Waals surface area contributed by atoms with E-state index in [1.807, 2.05) is 13.8 Å². The molecule has 1 atom stereocenters. The molecule has 0 aliphatic carbocycles. The number of ether oxygens (including phenoxy) is 2. The van der Waals surface area contributed by atoms with Crippen LogP contribution in [0.15, 0.2) is 29.2 Å². The number of hydrogen-bond acceptors (Lipinski definition) is 5. The quantitative estimate of drug-likeness (QED) is 0.612. The molecule has 0 bridgehead atoms. The molecule has 1 rings (SSSR count). The van der Waals surface area contributed by atoms with Gasteiger partial charge in [-0.05, 0) is 37.1 Å². The molecule has 0 aliphatic rings. The van der Waals surface area contributed by atoms with Gasteiger partial charge in [0.1, 0.15) is 5.75 Å². The van der Waals surface area contributed by atoms with Crippen LogP contribution in [0.25, 0.3) is 0 Å².